The molecular formula is C24H31N5O. The lowest BCUT2D eigenvalue weighted by Crippen LogP contribution is -2.36. The highest BCUT2D eigenvalue weighted by atomic mass is 16.2. The molecule has 0 N–H and O–H groups in total. The van der Waals surface area contributed by atoms with Crippen LogP contribution < -0.4 is 0 Å². The molecule has 30 heavy (non-hydrogen) atoms. The van der Waals surface area contributed by atoms with Crippen molar-refractivity contribution in [3.05, 3.63) is 59.5 Å². The topological polar surface area (TPSA) is 54.3 Å². The van der Waals surface area contributed by atoms with Crippen molar-refractivity contribution in [1.29, 1.82) is 0 Å². The van der Waals surface area contributed by atoms with Crippen molar-refractivity contribution in [2.75, 3.05) is 27.2 Å². The predicted octanol–water partition coefficient (Wildman–Crippen LogP) is 4.06. The maximum absolute atomic E-state index is 13.4. The van der Waals surface area contributed by atoms with Gasteiger partial charge >= 0.3 is 0 Å². The Morgan fingerprint density at radius 3 is 2.53 bits per heavy atom. The van der Waals surface area contributed by atoms with Crippen LogP contribution >= 0.6 is 0 Å². The van der Waals surface area contributed by atoms with Gasteiger partial charge in [-0.3, -0.25) is 4.79 Å². The molecule has 0 atom stereocenters. The third kappa shape index (κ3) is 4.54. The Labute approximate surface area is 178 Å². The fourth-order valence-corrected chi connectivity index (χ4v) is 4.16. The molecule has 6 nitrogen and oxygen atoms in total. The van der Waals surface area contributed by atoms with E-state index in [1.807, 2.05) is 31.4 Å². The van der Waals surface area contributed by atoms with E-state index in [2.05, 4.69) is 50.6 Å². The maximum atomic E-state index is 13.4. The quantitative estimate of drug-likeness (QED) is 0.595. The predicted molar refractivity (Wildman–Crippen MR) is 120 cm³/mol. The van der Waals surface area contributed by atoms with Crippen LogP contribution in [0.25, 0.3) is 11.2 Å². The number of carbonyl (C=O) groups is 1. The third-order valence-electron chi connectivity index (χ3n) is 5.98. The molecule has 1 amide bonds. The van der Waals surface area contributed by atoms with Crippen LogP contribution in [0.1, 0.15) is 53.2 Å². The van der Waals surface area contributed by atoms with Crippen LogP contribution in [-0.2, 0) is 6.54 Å². The van der Waals surface area contributed by atoms with Gasteiger partial charge in [0.15, 0.2) is 5.65 Å². The Balaban J connectivity index is 1.57. The first kappa shape index (κ1) is 20.5. The van der Waals surface area contributed by atoms with Gasteiger partial charge in [0.25, 0.3) is 5.91 Å². The summed E-state index contributed by atoms with van der Waals surface area (Å²) in [5, 5.41) is 0. The van der Waals surface area contributed by atoms with Crippen molar-refractivity contribution in [2.45, 2.75) is 45.2 Å². The van der Waals surface area contributed by atoms with Crippen LogP contribution in [0, 0.1) is 6.92 Å². The zero-order valence-corrected chi connectivity index (χ0v) is 18.2. The highest BCUT2D eigenvalue weighted by Gasteiger charge is 2.22. The number of hydrogen-bond donors (Lipinski definition) is 0. The van der Waals surface area contributed by atoms with Crippen LogP contribution in [0.2, 0.25) is 0 Å². The molecule has 0 unspecified atom stereocenters. The summed E-state index contributed by atoms with van der Waals surface area (Å²) >= 11 is 0. The molecular weight excluding hydrogens is 374 g/mol. The number of pyridine rings is 1. The minimum Gasteiger partial charge on any atom is -0.333 e. The standard InChI is InChI=1S/C24H31N5O/c1-18-8-10-19(11-9-18)16-28(13-12-27(2)3)24(30)20-14-22-23(25-15-20)29(17-26-22)21-6-4-5-7-21/h8-11,14-15,17,21H,4-7,12-13,16H2,1-3H3. The van der Waals surface area contributed by atoms with Crippen molar-refractivity contribution >= 4 is 17.1 Å². The van der Waals surface area contributed by atoms with Crippen molar-refractivity contribution in [3.8, 4) is 0 Å². The third-order valence-corrected chi connectivity index (χ3v) is 5.98. The molecule has 1 saturated carbocycles. The molecule has 3 aromatic rings. The summed E-state index contributed by atoms with van der Waals surface area (Å²) in [5.74, 6) is 0.00208. The number of nitrogens with zero attached hydrogens (tertiary/aromatic N) is 5. The molecule has 1 aliphatic rings. The first-order valence-corrected chi connectivity index (χ1v) is 10.8. The van der Waals surface area contributed by atoms with Gasteiger partial charge in [0.2, 0.25) is 0 Å². The van der Waals surface area contributed by atoms with Crippen LogP contribution in [0.5, 0.6) is 0 Å². The average Bonchev–Trinajstić information content (AvgIpc) is 3.40. The molecule has 0 spiro atoms. The number of amides is 1. The van der Waals surface area contributed by atoms with E-state index in [-0.39, 0.29) is 5.91 Å². The number of benzene rings is 1. The second kappa shape index (κ2) is 8.96. The summed E-state index contributed by atoms with van der Waals surface area (Å²) in [6, 6.07) is 10.8. The van der Waals surface area contributed by atoms with Gasteiger partial charge in [-0.1, -0.05) is 42.7 Å². The zero-order valence-electron chi connectivity index (χ0n) is 18.2. The molecule has 1 aliphatic carbocycles. The number of imidazole rings is 1. The zero-order chi connectivity index (χ0) is 21.1. The lowest BCUT2D eigenvalue weighted by atomic mass is 10.1. The monoisotopic (exact) mass is 405 g/mol. The minimum absolute atomic E-state index is 0.00208. The largest absolute Gasteiger partial charge is 0.333 e. The van der Waals surface area contributed by atoms with Gasteiger partial charge in [-0.25, -0.2) is 9.97 Å². The molecule has 0 aliphatic heterocycles. The van der Waals surface area contributed by atoms with E-state index >= 15 is 0 Å². The van der Waals surface area contributed by atoms with Crippen molar-refractivity contribution in [1.82, 2.24) is 24.3 Å². The molecule has 2 heterocycles. The van der Waals surface area contributed by atoms with Gasteiger partial charge in [-0.15, -0.1) is 0 Å². The fraction of sp³-hybridized carbons (Fsp3) is 0.458. The van der Waals surface area contributed by atoms with Crippen LogP contribution in [-0.4, -0.2) is 57.4 Å². The SMILES string of the molecule is Cc1ccc(CN(CCN(C)C)C(=O)c2cnc3c(c2)ncn3C2CCCC2)cc1. The van der Waals surface area contributed by atoms with Gasteiger partial charge in [0, 0.05) is 31.9 Å². The van der Waals surface area contributed by atoms with E-state index in [4.69, 9.17) is 0 Å². The summed E-state index contributed by atoms with van der Waals surface area (Å²) in [5.41, 5.74) is 4.64. The Morgan fingerprint density at radius 2 is 1.83 bits per heavy atom. The Bertz CT molecular complexity index is 1000. The number of aromatic nitrogens is 3. The molecule has 6 heteroatoms. The molecule has 2 aromatic heterocycles. The lowest BCUT2D eigenvalue weighted by Gasteiger charge is -2.24. The van der Waals surface area contributed by atoms with Gasteiger partial charge in [0.05, 0.1) is 11.9 Å². The maximum Gasteiger partial charge on any atom is 0.255 e. The van der Waals surface area contributed by atoms with Crippen molar-refractivity contribution in [2.24, 2.45) is 0 Å². The summed E-state index contributed by atoms with van der Waals surface area (Å²) in [6.45, 7) is 4.13. The minimum atomic E-state index is 0.00208. The van der Waals surface area contributed by atoms with Gasteiger partial charge in [0.1, 0.15) is 5.52 Å². The molecule has 4 rings (SSSR count). The second-order valence-electron chi connectivity index (χ2n) is 8.67. The Morgan fingerprint density at radius 1 is 1.10 bits per heavy atom. The van der Waals surface area contributed by atoms with E-state index in [1.165, 1.54) is 31.2 Å². The van der Waals surface area contributed by atoms with E-state index < -0.39 is 0 Å². The number of aryl methyl sites for hydroxylation is 1. The average molecular weight is 406 g/mol. The van der Waals surface area contributed by atoms with Gasteiger partial charge in [-0.2, -0.15) is 0 Å². The number of fused-ring (bicyclic) bond motifs is 1. The second-order valence-corrected chi connectivity index (χ2v) is 8.67. The summed E-state index contributed by atoms with van der Waals surface area (Å²) in [7, 11) is 4.05. The normalized spacial score (nSPS) is 14.7. The van der Waals surface area contributed by atoms with E-state index in [0.29, 0.717) is 24.7 Å². The highest BCUT2D eigenvalue weighted by molar-refractivity contribution is 5.96. The summed E-state index contributed by atoms with van der Waals surface area (Å²) < 4.78 is 2.19. The molecule has 1 fully saturated rings. The molecule has 1 aromatic carbocycles. The smallest absolute Gasteiger partial charge is 0.255 e. The van der Waals surface area contributed by atoms with Gasteiger partial charge in [-0.05, 0) is 45.5 Å². The molecule has 0 bridgehead atoms. The van der Waals surface area contributed by atoms with Crippen LogP contribution in [0.4, 0.5) is 0 Å². The van der Waals surface area contributed by atoms with E-state index in [1.54, 1.807) is 6.20 Å². The number of hydrogen-bond acceptors (Lipinski definition) is 4. The van der Waals surface area contributed by atoms with Gasteiger partial charge < -0.3 is 14.4 Å². The first-order valence-electron chi connectivity index (χ1n) is 10.8. The highest BCUT2D eigenvalue weighted by Crippen LogP contribution is 2.31. The summed E-state index contributed by atoms with van der Waals surface area (Å²) in [6.07, 6.45) is 8.50. The van der Waals surface area contributed by atoms with Crippen LogP contribution in [0.3, 0.4) is 0 Å². The summed E-state index contributed by atoms with van der Waals surface area (Å²) in [4.78, 5) is 26.6. The van der Waals surface area contributed by atoms with E-state index in [0.717, 1.165) is 23.3 Å². The number of carbonyl (C=O) groups excluding carboxylic acids is 1. The molecule has 0 radical (unpaired) electrons. The molecule has 0 saturated heterocycles. The lowest BCUT2D eigenvalue weighted by molar-refractivity contribution is 0.0731. The van der Waals surface area contributed by atoms with Crippen molar-refractivity contribution in [3.63, 3.8) is 0 Å². The van der Waals surface area contributed by atoms with Crippen molar-refractivity contribution < 1.29 is 4.79 Å². The van der Waals surface area contributed by atoms with E-state index in [9.17, 15) is 4.79 Å². The van der Waals surface area contributed by atoms with Crippen LogP contribution in [0.15, 0.2) is 42.9 Å². The first-order chi connectivity index (χ1) is 14.5. The Hall–Kier alpha value is -2.73. The number of rotatable bonds is 7. The number of likely N-dealkylation sites (N-methyl/N-ethyl adjacent to an activating group) is 1. The Kier molecular flexibility index (Phi) is 6.13. The fourth-order valence-electron chi connectivity index (χ4n) is 4.16. The molecule has 158 valence electrons.